The Bertz CT molecular complexity index is 794. The van der Waals surface area contributed by atoms with Gasteiger partial charge in [0.2, 0.25) is 10.0 Å². The minimum absolute atomic E-state index is 0.0497. The lowest BCUT2D eigenvalue weighted by molar-refractivity contribution is 0.107. The van der Waals surface area contributed by atoms with E-state index < -0.39 is 16.1 Å². The minimum Gasteiger partial charge on any atom is -0.375 e. The molecule has 0 aliphatic rings. The lowest BCUT2D eigenvalue weighted by atomic mass is 10.0. The van der Waals surface area contributed by atoms with Gasteiger partial charge in [0.1, 0.15) is 4.90 Å². The van der Waals surface area contributed by atoms with Crippen molar-refractivity contribution in [3.05, 3.63) is 63.6 Å². The van der Waals surface area contributed by atoms with E-state index in [-0.39, 0.29) is 16.5 Å². The third-order valence-electron chi connectivity index (χ3n) is 3.46. The first-order valence-electron chi connectivity index (χ1n) is 6.88. The molecule has 124 valence electrons. The van der Waals surface area contributed by atoms with Crippen LogP contribution in [0.2, 0.25) is 10.0 Å². The number of benzene rings is 2. The zero-order valence-corrected chi connectivity index (χ0v) is 15.0. The molecule has 0 unspecified atom stereocenters. The number of hydrogen-bond acceptors (Lipinski definition) is 3. The fourth-order valence-electron chi connectivity index (χ4n) is 2.21. The molecular formula is C16H17Cl2NO3S. The zero-order chi connectivity index (χ0) is 17.0. The van der Waals surface area contributed by atoms with Gasteiger partial charge in [-0.3, -0.25) is 0 Å². The molecule has 0 heterocycles. The van der Waals surface area contributed by atoms with Crippen molar-refractivity contribution in [2.24, 2.45) is 0 Å². The molecule has 0 radical (unpaired) electrons. The molecule has 7 heteroatoms. The molecule has 1 atom stereocenters. The first-order chi connectivity index (χ1) is 10.8. The van der Waals surface area contributed by atoms with Crippen LogP contribution in [0.1, 0.15) is 17.2 Å². The van der Waals surface area contributed by atoms with E-state index in [2.05, 4.69) is 4.72 Å². The van der Waals surface area contributed by atoms with Crippen LogP contribution in [0.4, 0.5) is 0 Å². The average molecular weight is 374 g/mol. The lowest BCUT2D eigenvalue weighted by Crippen LogP contribution is -2.29. The highest BCUT2D eigenvalue weighted by Gasteiger charge is 2.21. The van der Waals surface area contributed by atoms with Gasteiger partial charge in [0, 0.05) is 18.7 Å². The van der Waals surface area contributed by atoms with Gasteiger partial charge >= 0.3 is 0 Å². The molecule has 0 aromatic heterocycles. The Balaban J connectivity index is 2.21. The third kappa shape index (κ3) is 4.46. The third-order valence-corrected chi connectivity index (χ3v) is 5.60. The quantitative estimate of drug-likeness (QED) is 0.833. The number of halogens is 2. The van der Waals surface area contributed by atoms with Gasteiger partial charge in [0.15, 0.2) is 0 Å². The zero-order valence-electron chi connectivity index (χ0n) is 12.7. The van der Waals surface area contributed by atoms with Gasteiger partial charge in [-0.2, -0.15) is 0 Å². The van der Waals surface area contributed by atoms with Crippen LogP contribution in [-0.2, 0) is 14.8 Å². The van der Waals surface area contributed by atoms with Crippen molar-refractivity contribution in [2.75, 3.05) is 13.7 Å². The van der Waals surface area contributed by atoms with Crippen molar-refractivity contribution >= 4 is 33.2 Å². The van der Waals surface area contributed by atoms with E-state index in [0.717, 1.165) is 11.1 Å². The number of rotatable bonds is 6. The van der Waals surface area contributed by atoms with Gasteiger partial charge in [0.25, 0.3) is 0 Å². The number of methoxy groups -OCH3 is 1. The standard InChI is InChI=1S/C16H17Cl2NO3S/c1-11-5-3-4-6-13(11)15(22-2)10-19-23(20,21)16-9-12(17)7-8-14(16)18/h3-9,15,19H,10H2,1-2H3/t15-/m1/s1. The van der Waals surface area contributed by atoms with Crippen LogP contribution in [0.25, 0.3) is 0 Å². The van der Waals surface area contributed by atoms with E-state index in [1.54, 1.807) is 0 Å². The maximum atomic E-state index is 12.4. The summed E-state index contributed by atoms with van der Waals surface area (Å²) in [6.45, 7) is 2.04. The predicted octanol–water partition coefficient (Wildman–Crippen LogP) is 3.97. The van der Waals surface area contributed by atoms with Crippen molar-refractivity contribution in [1.29, 1.82) is 0 Å². The maximum absolute atomic E-state index is 12.4. The topological polar surface area (TPSA) is 55.4 Å². The Morgan fingerprint density at radius 3 is 2.52 bits per heavy atom. The normalized spacial score (nSPS) is 13.0. The number of nitrogens with one attached hydrogen (secondary N) is 1. The van der Waals surface area contributed by atoms with Crippen molar-refractivity contribution < 1.29 is 13.2 Å². The maximum Gasteiger partial charge on any atom is 0.242 e. The van der Waals surface area contributed by atoms with Crippen LogP contribution >= 0.6 is 23.2 Å². The highest BCUT2D eigenvalue weighted by Crippen LogP contribution is 2.26. The van der Waals surface area contributed by atoms with Gasteiger partial charge in [-0.05, 0) is 36.2 Å². The van der Waals surface area contributed by atoms with Crippen LogP contribution in [0.3, 0.4) is 0 Å². The second-order valence-electron chi connectivity index (χ2n) is 5.01. The second-order valence-corrected chi connectivity index (χ2v) is 7.59. The van der Waals surface area contributed by atoms with Crippen molar-refractivity contribution in [2.45, 2.75) is 17.9 Å². The summed E-state index contributed by atoms with van der Waals surface area (Å²) in [5.74, 6) is 0. The van der Waals surface area contributed by atoms with E-state index in [1.807, 2.05) is 31.2 Å². The summed E-state index contributed by atoms with van der Waals surface area (Å²) in [4.78, 5) is -0.0497. The van der Waals surface area contributed by atoms with Crippen LogP contribution in [0, 0.1) is 6.92 Å². The molecular weight excluding hydrogens is 357 g/mol. The van der Waals surface area contributed by atoms with E-state index >= 15 is 0 Å². The van der Waals surface area contributed by atoms with Gasteiger partial charge in [0.05, 0.1) is 11.1 Å². The first kappa shape index (κ1) is 18.2. The number of sulfonamides is 1. The summed E-state index contributed by atoms with van der Waals surface area (Å²) in [5.41, 5.74) is 1.95. The summed E-state index contributed by atoms with van der Waals surface area (Å²) in [7, 11) is -2.25. The largest absolute Gasteiger partial charge is 0.375 e. The monoisotopic (exact) mass is 373 g/mol. The molecule has 0 fully saturated rings. The molecule has 2 aromatic carbocycles. The molecule has 0 spiro atoms. The van der Waals surface area contributed by atoms with Gasteiger partial charge in [-0.15, -0.1) is 0 Å². The predicted molar refractivity (Wildman–Crippen MR) is 92.6 cm³/mol. The summed E-state index contributed by atoms with van der Waals surface area (Å²) < 4.78 is 32.8. The van der Waals surface area contributed by atoms with E-state index in [9.17, 15) is 8.42 Å². The summed E-state index contributed by atoms with van der Waals surface area (Å²) in [5, 5.41) is 0.420. The number of ether oxygens (including phenoxy) is 1. The second kappa shape index (κ2) is 7.64. The van der Waals surface area contributed by atoms with E-state index in [1.165, 1.54) is 25.3 Å². The Hall–Kier alpha value is -1.11. The smallest absolute Gasteiger partial charge is 0.242 e. The van der Waals surface area contributed by atoms with Crippen LogP contribution in [0.5, 0.6) is 0 Å². The van der Waals surface area contributed by atoms with Crippen molar-refractivity contribution in [3.63, 3.8) is 0 Å². The Morgan fingerprint density at radius 2 is 1.87 bits per heavy atom. The van der Waals surface area contributed by atoms with Gasteiger partial charge in [-0.25, -0.2) is 13.1 Å². The van der Waals surface area contributed by atoms with E-state index in [0.29, 0.717) is 5.02 Å². The van der Waals surface area contributed by atoms with Crippen LogP contribution in [0.15, 0.2) is 47.4 Å². The molecule has 0 amide bonds. The van der Waals surface area contributed by atoms with Gasteiger partial charge in [-0.1, -0.05) is 47.5 Å². The first-order valence-corrected chi connectivity index (χ1v) is 9.12. The molecule has 0 aliphatic heterocycles. The summed E-state index contributed by atoms with van der Waals surface area (Å²) >= 11 is 11.8. The molecule has 1 N–H and O–H groups in total. The molecule has 0 bridgehead atoms. The number of aryl methyl sites for hydroxylation is 1. The summed E-state index contributed by atoms with van der Waals surface area (Å²) in [6.07, 6.45) is -0.399. The highest BCUT2D eigenvalue weighted by atomic mass is 35.5. The van der Waals surface area contributed by atoms with E-state index in [4.69, 9.17) is 27.9 Å². The minimum atomic E-state index is -3.79. The molecule has 2 aromatic rings. The van der Waals surface area contributed by atoms with Crippen LogP contribution < -0.4 is 4.72 Å². The Morgan fingerprint density at radius 1 is 1.17 bits per heavy atom. The molecule has 2 rings (SSSR count). The van der Waals surface area contributed by atoms with Crippen molar-refractivity contribution in [3.8, 4) is 0 Å². The summed E-state index contributed by atoms with van der Waals surface area (Å²) in [6, 6.07) is 12.0. The van der Waals surface area contributed by atoms with Crippen LogP contribution in [-0.4, -0.2) is 22.1 Å². The van der Waals surface area contributed by atoms with Crippen molar-refractivity contribution in [1.82, 2.24) is 4.72 Å². The Kier molecular flexibility index (Phi) is 6.06. The Labute approximate surface area is 146 Å². The number of hydrogen-bond donors (Lipinski definition) is 1. The SMILES string of the molecule is CO[C@H](CNS(=O)(=O)c1cc(Cl)ccc1Cl)c1ccccc1C. The fourth-order valence-corrected chi connectivity index (χ4v) is 4.01. The molecule has 23 heavy (non-hydrogen) atoms. The van der Waals surface area contributed by atoms with Gasteiger partial charge < -0.3 is 4.74 Å². The lowest BCUT2D eigenvalue weighted by Gasteiger charge is -2.19. The molecule has 0 saturated heterocycles. The molecule has 0 saturated carbocycles. The molecule has 4 nitrogen and oxygen atoms in total. The average Bonchev–Trinajstić information content (AvgIpc) is 2.51. The highest BCUT2D eigenvalue weighted by molar-refractivity contribution is 7.89. The fraction of sp³-hybridized carbons (Fsp3) is 0.250. The molecule has 0 aliphatic carbocycles.